The SMILES string of the molecule is CCC(=O)Nc1ccc(N2CCN(C(=O)c3ccccc3C)CC2)c(Cl)c1. The van der Waals surface area contributed by atoms with Crippen molar-refractivity contribution in [2.45, 2.75) is 20.3 Å². The zero-order valence-corrected chi connectivity index (χ0v) is 16.4. The van der Waals surface area contributed by atoms with Crippen LogP contribution >= 0.6 is 11.6 Å². The van der Waals surface area contributed by atoms with E-state index in [-0.39, 0.29) is 11.8 Å². The van der Waals surface area contributed by atoms with Crippen molar-refractivity contribution in [2.24, 2.45) is 0 Å². The molecule has 0 radical (unpaired) electrons. The highest BCUT2D eigenvalue weighted by Gasteiger charge is 2.24. The van der Waals surface area contributed by atoms with Gasteiger partial charge in [0.05, 0.1) is 10.7 Å². The Balaban J connectivity index is 1.64. The Kier molecular flexibility index (Phi) is 6.01. The number of carbonyl (C=O) groups is 2. The van der Waals surface area contributed by atoms with E-state index in [0.717, 1.165) is 29.9 Å². The van der Waals surface area contributed by atoms with Gasteiger partial charge in [0.25, 0.3) is 5.91 Å². The number of hydrogen-bond acceptors (Lipinski definition) is 3. The molecule has 27 heavy (non-hydrogen) atoms. The van der Waals surface area contributed by atoms with Gasteiger partial charge in [-0.3, -0.25) is 9.59 Å². The highest BCUT2D eigenvalue weighted by atomic mass is 35.5. The van der Waals surface area contributed by atoms with Crippen molar-refractivity contribution in [3.8, 4) is 0 Å². The fourth-order valence-corrected chi connectivity index (χ4v) is 3.52. The maximum Gasteiger partial charge on any atom is 0.254 e. The summed E-state index contributed by atoms with van der Waals surface area (Å²) >= 11 is 6.43. The number of rotatable bonds is 4. The summed E-state index contributed by atoms with van der Waals surface area (Å²) in [4.78, 5) is 28.3. The van der Waals surface area contributed by atoms with Crippen LogP contribution in [0.5, 0.6) is 0 Å². The molecule has 6 heteroatoms. The largest absolute Gasteiger partial charge is 0.367 e. The van der Waals surface area contributed by atoms with Crippen molar-refractivity contribution < 1.29 is 9.59 Å². The van der Waals surface area contributed by atoms with Gasteiger partial charge in [0.15, 0.2) is 0 Å². The third-order valence-electron chi connectivity index (χ3n) is 4.84. The van der Waals surface area contributed by atoms with Gasteiger partial charge in [-0.05, 0) is 36.8 Å². The Hall–Kier alpha value is -2.53. The van der Waals surface area contributed by atoms with E-state index in [1.807, 2.05) is 55.1 Å². The molecule has 0 aromatic heterocycles. The molecule has 1 aliphatic heterocycles. The van der Waals surface area contributed by atoms with Gasteiger partial charge in [0, 0.05) is 43.9 Å². The number of aryl methyl sites for hydroxylation is 1. The highest BCUT2D eigenvalue weighted by Crippen LogP contribution is 2.30. The second-order valence-electron chi connectivity index (χ2n) is 6.66. The van der Waals surface area contributed by atoms with Crippen molar-refractivity contribution in [3.63, 3.8) is 0 Å². The minimum atomic E-state index is -0.0397. The topological polar surface area (TPSA) is 52.7 Å². The van der Waals surface area contributed by atoms with Crippen molar-refractivity contribution >= 4 is 34.8 Å². The lowest BCUT2D eigenvalue weighted by atomic mass is 10.1. The molecule has 3 rings (SSSR count). The molecule has 0 unspecified atom stereocenters. The number of anilines is 2. The fourth-order valence-electron chi connectivity index (χ4n) is 3.22. The molecule has 0 bridgehead atoms. The molecule has 1 fully saturated rings. The zero-order valence-electron chi connectivity index (χ0n) is 15.7. The summed E-state index contributed by atoms with van der Waals surface area (Å²) in [5, 5.41) is 3.41. The summed E-state index contributed by atoms with van der Waals surface area (Å²) in [7, 11) is 0. The maximum absolute atomic E-state index is 12.7. The predicted octanol–water partition coefficient (Wildman–Crippen LogP) is 3.96. The third-order valence-corrected chi connectivity index (χ3v) is 5.14. The van der Waals surface area contributed by atoms with E-state index in [1.165, 1.54) is 0 Å². The van der Waals surface area contributed by atoms with E-state index in [0.29, 0.717) is 30.2 Å². The van der Waals surface area contributed by atoms with E-state index in [4.69, 9.17) is 11.6 Å². The number of nitrogens with one attached hydrogen (secondary N) is 1. The van der Waals surface area contributed by atoms with Crippen LogP contribution in [0.15, 0.2) is 42.5 Å². The summed E-state index contributed by atoms with van der Waals surface area (Å²) < 4.78 is 0. The van der Waals surface area contributed by atoms with Crippen LogP contribution in [-0.2, 0) is 4.79 Å². The van der Waals surface area contributed by atoms with Gasteiger partial charge in [-0.2, -0.15) is 0 Å². The molecule has 2 aromatic carbocycles. The van der Waals surface area contributed by atoms with E-state index in [2.05, 4.69) is 10.2 Å². The molecular weight excluding hydrogens is 362 g/mol. The minimum absolute atomic E-state index is 0.0397. The molecule has 0 atom stereocenters. The van der Waals surface area contributed by atoms with Gasteiger partial charge in [0.2, 0.25) is 5.91 Å². The van der Waals surface area contributed by atoms with Crippen LogP contribution in [0.3, 0.4) is 0 Å². The van der Waals surface area contributed by atoms with E-state index >= 15 is 0 Å². The molecule has 1 heterocycles. The Morgan fingerprint density at radius 2 is 1.78 bits per heavy atom. The van der Waals surface area contributed by atoms with Crippen LogP contribution < -0.4 is 10.2 Å². The Morgan fingerprint density at radius 3 is 2.41 bits per heavy atom. The average molecular weight is 386 g/mol. The predicted molar refractivity (Wildman–Crippen MR) is 110 cm³/mol. The van der Waals surface area contributed by atoms with Gasteiger partial charge in [0.1, 0.15) is 0 Å². The Bertz CT molecular complexity index is 845. The van der Waals surface area contributed by atoms with Crippen LogP contribution in [0.2, 0.25) is 5.02 Å². The second-order valence-corrected chi connectivity index (χ2v) is 7.07. The Labute approximate surface area is 164 Å². The van der Waals surface area contributed by atoms with Gasteiger partial charge in [-0.25, -0.2) is 0 Å². The summed E-state index contributed by atoms with van der Waals surface area (Å²) in [5.41, 5.74) is 3.39. The summed E-state index contributed by atoms with van der Waals surface area (Å²) in [6.07, 6.45) is 0.427. The first-order valence-electron chi connectivity index (χ1n) is 9.19. The molecule has 1 saturated heterocycles. The van der Waals surface area contributed by atoms with Crippen molar-refractivity contribution in [1.29, 1.82) is 0 Å². The lowest BCUT2D eigenvalue weighted by molar-refractivity contribution is -0.115. The molecule has 0 aliphatic carbocycles. The standard InChI is InChI=1S/C21H24ClN3O2/c1-3-20(26)23-16-8-9-19(18(22)14-16)24-10-12-25(13-11-24)21(27)17-7-5-4-6-15(17)2/h4-9,14H,3,10-13H2,1-2H3,(H,23,26). The third kappa shape index (κ3) is 4.42. The summed E-state index contributed by atoms with van der Waals surface area (Å²) in [5.74, 6) is 0.0404. The van der Waals surface area contributed by atoms with Crippen molar-refractivity contribution in [1.82, 2.24) is 4.90 Å². The maximum atomic E-state index is 12.7. The molecule has 0 saturated carbocycles. The summed E-state index contributed by atoms with van der Waals surface area (Å²) in [6, 6.07) is 13.2. The van der Waals surface area contributed by atoms with Gasteiger partial charge in [-0.1, -0.05) is 36.7 Å². The quantitative estimate of drug-likeness (QED) is 0.866. The average Bonchev–Trinajstić information content (AvgIpc) is 2.68. The van der Waals surface area contributed by atoms with Crippen LogP contribution in [0.1, 0.15) is 29.3 Å². The number of amides is 2. The van der Waals surface area contributed by atoms with E-state index in [9.17, 15) is 9.59 Å². The lowest BCUT2D eigenvalue weighted by Gasteiger charge is -2.36. The number of hydrogen-bond donors (Lipinski definition) is 1. The monoisotopic (exact) mass is 385 g/mol. The molecule has 5 nitrogen and oxygen atoms in total. The molecule has 2 amide bonds. The lowest BCUT2D eigenvalue weighted by Crippen LogP contribution is -2.49. The molecule has 142 valence electrons. The number of benzene rings is 2. The smallest absolute Gasteiger partial charge is 0.254 e. The van der Waals surface area contributed by atoms with Crippen molar-refractivity contribution in [2.75, 3.05) is 36.4 Å². The second kappa shape index (κ2) is 8.44. The normalized spacial score (nSPS) is 14.2. The number of halogens is 1. The van der Waals surface area contributed by atoms with Crippen LogP contribution in [0.25, 0.3) is 0 Å². The molecular formula is C21H24ClN3O2. The fraction of sp³-hybridized carbons (Fsp3) is 0.333. The summed E-state index contributed by atoms with van der Waals surface area (Å²) in [6.45, 7) is 6.51. The first-order valence-corrected chi connectivity index (χ1v) is 9.56. The number of carbonyl (C=O) groups excluding carboxylic acids is 2. The first-order chi connectivity index (χ1) is 13.0. The number of piperazine rings is 1. The van der Waals surface area contributed by atoms with Gasteiger partial charge < -0.3 is 15.1 Å². The molecule has 1 aliphatic rings. The van der Waals surface area contributed by atoms with Crippen LogP contribution in [0, 0.1) is 6.92 Å². The Morgan fingerprint density at radius 1 is 1.07 bits per heavy atom. The highest BCUT2D eigenvalue weighted by molar-refractivity contribution is 6.33. The van der Waals surface area contributed by atoms with Crippen LogP contribution in [0.4, 0.5) is 11.4 Å². The molecule has 0 spiro atoms. The molecule has 2 aromatic rings. The molecule has 1 N–H and O–H groups in total. The minimum Gasteiger partial charge on any atom is -0.367 e. The number of nitrogens with zero attached hydrogens (tertiary/aromatic N) is 2. The first kappa shape index (κ1) is 19.2. The van der Waals surface area contributed by atoms with Crippen LogP contribution in [-0.4, -0.2) is 42.9 Å². The van der Waals surface area contributed by atoms with Gasteiger partial charge in [-0.15, -0.1) is 0 Å². The zero-order chi connectivity index (χ0) is 19.4. The van der Waals surface area contributed by atoms with Crippen molar-refractivity contribution in [3.05, 3.63) is 58.6 Å². The van der Waals surface area contributed by atoms with E-state index < -0.39 is 0 Å². The van der Waals surface area contributed by atoms with Gasteiger partial charge >= 0.3 is 0 Å². The van der Waals surface area contributed by atoms with E-state index in [1.54, 1.807) is 6.07 Å².